The lowest BCUT2D eigenvalue weighted by Gasteiger charge is -2.11. The minimum atomic E-state index is -0.00682. The van der Waals surface area contributed by atoms with E-state index in [9.17, 15) is 4.79 Å². The highest BCUT2D eigenvalue weighted by molar-refractivity contribution is 7.14. The first kappa shape index (κ1) is 13.6. The predicted molar refractivity (Wildman–Crippen MR) is 87.4 cm³/mol. The van der Waals surface area contributed by atoms with Gasteiger partial charge in [0.25, 0.3) is 0 Å². The van der Waals surface area contributed by atoms with Crippen LogP contribution in [0.25, 0.3) is 16.9 Å². The van der Waals surface area contributed by atoms with Gasteiger partial charge in [-0.25, -0.2) is 4.98 Å². The molecule has 1 N–H and O–H groups in total. The number of nitrogens with one attached hydrogen (secondary N) is 1. The minimum absolute atomic E-state index is 0.00682. The summed E-state index contributed by atoms with van der Waals surface area (Å²) in [5.74, 6) is 0. The summed E-state index contributed by atoms with van der Waals surface area (Å²) in [5, 5.41) is 5.69. The molecule has 0 radical (unpaired) electrons. The number of hydrogen-bond donors (Lipinski definition) is 1. The highest BCUT2D eigenvalue weighted by Crippen LogP contribution is 2.23. The van der Waals surface area contributed by atoms with Crippen molar-refractivity contribution in [3.05, 3.63) is 63.9 Å². The predicted octanol–water partition coefficient (Wildman–Crippen LogP) is 3.31. The number of pyridine rings is 1. The van der Waals surface area contributed by atoms with Crippen molar-refractivity contribution in [2.24, 2.45) is 0 Å². The molecule has 5 heteroatoms. The Morgan fingerprint density at radius 1 is 1.24 bits per heavy atom. The van der Waals surface area contributed by atoms with Crippen LogP contribution >= 0.6 is 11.3 Å². The van der Waals surface area contributed by atoms with Crippen molar-refractivity contribution in [3.63, 3.8) is 0 Å². The normalized spacial score (nSPS) is 10.6. The first-order valence-corrected chi connectivity index (χ1v) is 7.49. The molecule has 0 fully saturated rings. The fourth-order valence-corrected chi connectivity index (χ4v) is 2.87. The molecular formula is C16H15N3OS. The van der Waals surface area contributed by atoms with Gasteiger partial charge in [0, 0.05) is 36.1 Å². The molecule has 3 rings (SSSR count). The smallest absolute Gasteiger partial charge is 0.191 e. The highest BCUT2D eigenvalue weighted by atomic mass is 32.1. The third-order valence-electron chi connectivity index (χ3n) is 3.27. The van der Waals surface area contributed by atoms with Crippen molar-refractivity contribution >= 4 is 16.5 Å². The molecule has 0 aliphatic carbocycles. The molecule has 0 bridgehead atoms. The number of aryl methyl sites for hydroxylation is 1. The van der Waals surface area contributed by atoms with Crippen LogP contribution < -0.4 is 10.7 Å². The average molecular weight is 297 g/mol. The minimum Gasteiger partial charge on any atom is -0.365 e. The number of anilines is 1. The molecular weight excluding hydrogens is 282 g/mol. The van der Waals surface area contributed by atoms with E-state index in [1.54, 1.807) is 6.07 Å². The zero-order chi connectivity index (χ0) is 14.8. The Kier molecular flexibility index (Phi) is 3.58. The van der Waals surface area contributed by atoms with E-state index in [0.29, 0.717) is 11.3 Å². The fraction of sp³-hybridized carbons (Fsp3) is 0.125. The van der Waals surface area contributed by atoms with Crippen LogP contribution in [-0.2, 0) is 0 Å². The van der Waals surface area contributed by atoms with Gasteiger partial charge in [0.2, 0.25) is 0 Å². The van der Waals surface area contributed by atoms with Gasteiger partial charge >= 0.3 is 0 Å². The number of thiazole rings is 1. The summed E-state index contributed by atoms with van der Waals surface area (Å²) >= 11 is 1.49. The lowest BCUT2D eigenvalue weighted by atomic mass is 10.2. The number of hydrogen-bond acceptors (Lipinski definition) is 4. The fourth-order valence-electron chi connectivity index (χ4n) is 2.20. The van der Waals surface area contributed by atoms with E-state index in [1.807, 2.05) is 60.4 Å². The molecule has 2 heterocycles. The van der Waals surface area contributed by atoms with Gasteiger partial charge in [0.05, 0.1) is 11.3 Å². The molecule has 0 amide bonds. The van der Waals surface area contributed by atoms with Gasteiger partial charge in [-0.2, -0.15) is 0 Å². The molecule has 4 nitrogen and oxygen atoms in total. The van der Waals surface area contributed by atoms with E-state index in [1.165, 1.54) is 11.3 Å². The number of para-hydroxylation sites is 1. The third-order valence-corrected chi connectivity index (χ3v) is 4.13. The van der Waals surface area contributed by atoms with Crippen molar-refractivity contribution in [1.29, 1.82) is 0 Å². The summed E-state index contributed by atoms with van der Waals surface area (Å²) in [6, 6.07) is 11.6. The third kappa shape index (κ3) is 2.60. The second kappa shape index (κ2) is 5.54. The number of rotatable bonds is 3. The zero-order valence-electron chi connectivity index (χ0n) is 11.8. The molecule has 0 unspecified atom stereocenters. The maximum absolute atomic E-state index is 12.3. The standard InChI is InChI=1S/C16H15N3OS/c1-11-8-15(20)13(14-10-21-16(17-2)18-14)9-19(11)12-6-4-3-5-7-12/h3-10H,1-2H3,(H,17,18). The van der Waals surface area contributed by atoms with Crippen LogP contribution in [0.1, 0.15) is 5.69 Å². The Hall–Kier alpha value is -2.40. The summed E-state index contributed by atoms with van der Waals surface area (Å²) < 4.78 is 2.01. The van der Waals surface area contributed by atoms with Crippen molar-refractivity contribution in [1.82, 2.24) is 9.55 Å². The summed E-state index contributed by atoms with van der Waals surface area (Å²) in [7, 11) is 1.82. The van der Waals surface area contributed by atoms with Crippen LogP contribution in [0, 0.1) is 6.92 Å². The number of nitrogens with zero attached hydrogens (tertiary/aromatic N) is 2. The van der Waals surface area contributed by atoms with E-state index in [2.05, 4.69) is 10.3 Å². The van der Waals surface area contributed by atoms with Crippen LogP contribution in [-0.4, -0.2) is 16.6 Å². The van der Waals surface area contributed by atoms with Crippen molar-refractivity contribution < 1.29 is 0 Å². The van der Waals surface area contributed by atoms with E-state index in [4.69, 9.17) is 0 Å². The lowest BCUT2D eigenvalue weighted by Crippen LogP contribution is -2.11. The van der Waals surface area contributed by atoms with Crippen LogP contribution in [0.15, 0.2) is 52.8 Å². The van der Waals surface area contributed by atoms with Crippen LogP contribution in [0.4, 0.5) is 5.13 Å². The van der Waals surface area contributed by atoms with Crippen LogP contribution in [0.3, 0.4) is 0 Å². The Labute approximate surface area is 126 Å². The van der Waals surface area contributed by atoms with E-state index >= 15 is 0 Å². The van der Waals surface area contributed by atoms with Gasteiger partial charge in [0.1, 0.15) is 0 Å². The molecule has 0 atom stereocenters. The van der Waals surface area contributed by atoms with Gasteiger partial charge in [-0.3, -0.25) is 4.79 Å². The van der Waals surface area contributed by atoms with Gasteiger partial charge in [0.15, 0.2) is 10.6 Å². The Bertz CT molecular complexity index is 821. The van der Waals surface area contributed by atoms with E-state index in [0.717, 1.165) is 16.5 Å². The topological polar surface area (TPSA) is 46.9 Å². The summed E-state index contributed by atoms with van der Waals surface area (Å²) in [4.78, 5) is 16.7. The van der Waals surface area contributed by atoms with Gasteiger partial charge < -0.3 is 9.88 Å². The molecule has 0 saturated heterocycles. The van der Waals surface area contributed by atoms with Crippen molar-refractivity contribution in [3.8, 4) is 16.9 Å². The molecule has 106 valence electrons. The first-order valence-electron chi connectivity index (χ1n) is 6.61. The molecule has 0 saturated carbocycles. The molecule has 0 aliphatic rings. The average Bonchev–Trinajstić information content (AvgIpc) is 2.97. The molecule has 0 aliphatic heterocycles. The van der Waals surface area contributed by atoms with Crippen LogP contribution in [0.2, 0.25) is 0 Å². The molecule has 0 spiro atoms. The maximum atomic E-state index is 12.3. The quantitative estimate of drug-likeness (QED) is 0.807. The molecule has 1 aromatic carbocycles. The van der Waals surface area contributed by atoms with Gasteiger partial charge in [-0.05, 0) is 19.1 Å². The monoisotopic (exact) mass is 297 g/mol. The summed E-state index contributed by atoms with van der Waals surface area (Å²) in [6.07, 6.45) is 1.86. The van der Waals surface area contributed by atoms with E-state index < -0.39 is 0 Å². The maximum Gasteiger partial charge on any atom is 0.191 e. The first-order chi connectivity index (χ1) is 10.2. The Morgan fingerprint density at radius 3 is 2.67 bits per heavy atom. The second-order valence-electron chi connectivity index (χ2n) is 4.69. The molecule has 3 aromatic rings. The highest BCUT2D eigenvalue weighted by Gasteiger charge is 2.10. The second-order valence-corrected chi connectivity index (χ2v) is 5.54. The Balaban J connectivity index is 2.16. The van der Waals surface area contributed by atoms with Crippen molar-refractivity contribution in [2.75, 3.05) is 12.4 Å². The summed E-state index contributed by atoms with van der Waals surface area (Å²) in [6.45, 7) is 1.93. The summed E-state index contributed by atoms with van der Waals surface area (Å²) in [5.41, 5.74) is 3.24. The van der Waals surface area contributed by atoms with Gasteiger partial charge in [-0.1, -0.05) is 18.2 Å². The SMILES string of the molecule is CNc1nc(-c2cn(-c3ccccc3)c(C)cc2=O)cs1. The number of benzene rings is 1. The zero-order valence-corrected chi connectivity index (χ0v) is 12.6. The Morgan fingerprint density at radius 2 is 2.00 bits per heavy atom. The number of aromatic nitrogens is 2. The molecule has 2 aromatic heterocycles. The van der Waals surface area contributed by atoms with Gasteiger partial charge in [-0.15, -0.1) is 11.3 Å². The largest absolute Gasteiger partial charge is 0.365 e. The van der Waals surface area contributed by atoms with Crippen molar-refractivity contribution in [2.45, 2.75) is 6.92 Å². The molecule has 21 heavy (non-hydrogen) atoms. The van der Waals surface area contributed by atoms with E-state index in [-0.39, 0.29) is 5.43 Å². The lowest BCUT2D eigenvalue weighted by molar-refractivity contribution is 0.975. The van der Waals surface area contributed by atoms with Crippen LogP contribution in [0.5, 0.6) is 0 Å².